The third kappa shape index (κ3) is 2.88. The van der Waals surface area contributed by atoms with Crippen LogP contribution in [0.1, 0.15) is 20.3 Å². The molecule has 1 N–H and O–H groups in total. The molecule has 0 aromatic carbocycles. The van der Waals surface area contributed by atoms with Crippen LogP contribution in [0.2, 0.25) is 5.02 Å². The number of pyridine rings is 1. The molecular formula is C10H15ClN2O3S. The molecule has 0 bridgehead atoms. The van der Waals surface area contributed by atoms with Gasteiger partial charge in [0.05, 0.1) is 4.90 Å². The van der Waals surface area contributed by atoms with E-state index in [1.807, 2.05) is 13.8 Å². The van der Waals surface area contributed by atoms with Crippen LogP contribution in [0.5, 0.6) is 0 Å². The Balaban J connectivity index is 3.22. The van der Waals surface area contributed by atoms with Crippen molar-refractivity contribution in [2.75, 3.05) is 7.05 Å². The van der Waals surface area contributed by atoms with E-state index >= 15 is 0 Å². The summed E-state index contributed by atoms with van der Waals surface area (Å²) in [7, 11) is -2.11. The normalized spacial score (nSPS) is 13.9. The van der Waals surface area contributed by atoms with Gasteiger partial charge in [0, 0.05) is 19.3 Å². The van der Waals surface area contributed by atoms with Gasteiger partial charge in [-0.05, 0) is 19.4 Å². The van der Waals surface area contributed by atoms with Crippen molar-refractivity contribution in [1.82, 2.24) is 9.29 Å². The minimum Gasteiger partial charge on any atom is -0.326 e. The van der Waals surface area contributed by atoms with Crippen molar-refractivity contribution in [1.29, 1.82) is 0 Å². The number of aromatic amines is 1. The van der Waals surface area contributed by atoms with Crippen molar-refractivity contribution in [3.63, 3.8) is 0 Å². The topological polar surface area (TPSA) is 70.2 Å². The van der Waals surface area contributed by atoms with Crippen LogP contribution in [0.25, 0.3) is 0 Å². The third-order valence-electron chi connectivity index (χ3n) is 2.72. The number of nitrogens with one attached hydrogen (secondary N) is 1. The maximum absolute atomic E-state index is 12.1. The maximum atomic E-state index is 12.1. The Bertz CT molecular complexity index is 553. The predicted octanol–water partition coefficient (Wildman–Crippen LogP) is 1.45. The lowest BCUT2D eigenvalue weighted by molar-refractivity contribution is 0.380. The van der Waals surface area contributed by atoms with Crippen molar-refractivity contribution in [2.24, 2.45) is 0 Å². The highest BCUT2D eigenvalue weighted by Gasteiger charge is 2.25. The Morgan fingerprint density at radius 1 is 1.53 bits per heavy atom. The van der Waals surface area contributed by atoms with E-state index in [0.29, 0.717) is 6.42 Å². The first kappa shape index (κ1) is 14.2. The SMILES string of the molecule is CCC(C)N(C)S(=O)(=O)c1c[nH]c(=O)c(Cl)c1. The molecule has 0 saturated carbocycles. The molecular weight excluding hydrogens is 264 g/mol. The first-order valence-corrected chi connectivity index (χ1v) is 6.98. The van der Waals surface area contributed by atoms with Crippen LogP contribution >= 0.6 is 11.6 Å². The van der Waals surface area contributed by atoms with Crippen LogP contribution in [0.15, 0.2) is 22.0 Å². The largest absolute Gasteiger partial charge is 0.326 e. The quantitative estimate of drug-likeness (QED) is 0.906. The molecule has 96 valence electrons. The summed E-state index contributed by atoms with van der Waals surface area (Å²) in [5.41, 5.74) is -0.503. The molecule has 0 aliphatic heterocycles. The molecule has 1 aromatic heterocycles. The van der Waals surface area contributed by atoms with E-state index in [1.54, 1.807) is 0 Å². The van der Waals surface area contributed by atoms with Gasteiger partial charge in [-0.25, -0.2) is 8.42 Å². The van der Waals surface area contributed by atoms with E-state index in [9.17, 15) is 13.2 Å². The lowest BCUT2D eigenvalue weighted by Gasteiger charge is -2.22. The molecule has 1 rings (SSSR count). The van der Waals surface area contributed by atoms with E-state index in [1.165, 1.54) is 11.4 Å². The lowest BCUT2D eigenvalue weighted by atomic mass is 10.3. The van der Waals surface area contributed by atoms with Gasteiger partial charge >= 0.3 is 0 Å². The Hall–Kier alpha value is -0.850. The van der Waals surface area contributed by atoms with Gasteiger partial charge in [0.15, 0.2) is 0 Å². The highest BCUT2D eigenvalue weighted by molar-refractivity contribution is 7.89. The Morgan fingerprint density at radius 3 is 2.59 bits per heavy atom. The molecule has 0 spiro atoms. The molecule has 0 aliphatic carbocycles. The van der Waals surface area contributed by atoms with Gasteiger partial charge in [-0.1, -0.05) is 18.5 Å². The van der Waals surface area contributed by atoms with Crippen LogP contribution in [-0.2, 0) is 10.0 Å². The molecule has 1 aromatic rings. The van der Waals surface area contributed by atoms with Crippen molar-refractivity contribution in [3.8, 4) is 0 Å². The number of hydrogen-bond donors (Lipinski definition) is 1. The number of nitrogens with zero attached hydrogens (tertiary/aromatic N) is 1. The lowest BCUT2D eigenvalue weighted by Crippen LogP contribution is -2.34. The summed E-state index contributed by atoms with van der Waals surface area (Å²) < 4.78 is 25.5. The molecule has 0 radical (unpaired) electrons. The molecule has 0 aliphatic rings. The summed E-state index contributed by atoms with van der Waals surface area (Å²) in [4.78, 5) is 13.3. The molecule has 1 atom stereocenters. The summed E-state index contributed by atoms with van der Waals surface area (Å²) in [5.74, 6) is 0. The fourth-order valence-corrected chi connectivity index (χ4v) is 2.91. The van der Waals surface area contributed by atoms with Gasteiger partial charge in [-0.15, -0.1) is 0 Å². The van der Waals surface area contributed by atoms with Gasteiger partial charge in [-0.2, -0.15) is 4.31 Å². The average Bonchev–Trinajstić information content (AvgIpc) is 2.30. The van der Waals surface area contributed by atoms with Crippen LogP contribution < -0.4 is 5.56 Å². The molecule has 7 heteroatoms. The van der Waals surface area contributed by atoms with Gasteiger partial charge < -0.3 is 4.98 Å². The van der Waals surface area contributed by atoms with Gasteiger partial charge in [0.2, 0.25) is 10.0 Å². The van der Waals surface area contributed by atoms with E-state index in [0.717, 1.165) is 12.3 Å². The second kappa shape index (κ2) is 5.20. The van der Waals surface area contributed by atoms with Crippen molar-refractivity contribution in [3.05, 3.63) is 27.6 Å². The molecule has 0 fully saturated rings. The fourth-order valence-electron chi connectivity index (χ4n) is 1.25. The standard InChI is InChI=1S/C10H15ClN2O3S/c1-4-7(2)13(3)17(15,16)8-5-9(11)10(14)12-6-8/h5-7H,4H2,1-3H3,(H,12,14). The van der Waals surface area contributed by atoms with Crippen LogP contribution in [0.3, 0.4) is 0 Å². The third-order valence-corrected chi connectivity index (χ3v) is 4.95. The van der Waals surface area contributed by atoms with Gasteiger partial charge in [-0.3, -0.25) is 4.79 Å². The highest BCUT2D eigenvalue weighted by Crippen LogP contribution is 2.18. The smallest absolute Gasteiger partial charge is 0.266 e. The number of rotatable bonds is 4. The predicted molar refractivity (Wildman–Crippen MR) is 66.8 cm³/mol. The van der Waals surface area contributed by atoms with E-state index in [-0.39, 0.29) is 16.0 Å². The second-order valence-corrected chi connectivity index (χ2v) is 6.20. The van der Waals surface area contributed by atoms with E-state index < -0.39 is 15.6 Å². The molecule has 0 saturated heterocycles. The minimum absolute atomic E-state index is 0.00935. The van der Waals surface area contributed by atoms with Gasteiger partial charge in [0.1, 0.15) is 5.02 Å². The van der Waals surface area contributed by atoms with Crippen molar-refractivity contribution >= 4 is 21.6 Å². The van der Waals surface area contributed by atoms with Crippen LogP contribution in [0.4, 0.5) is 0 Å². The monoisotopic (exact) mass is 278 g/mol. The van der Waals surface area contributed by atoms with Gasteiger partial charge in [0.25, 0.3) is 5.56 Å². The Kier molecular flexibility index (Phi) is 4.35. The number of H-pyrrole nitrogens is 1. The Morgan fingerprint density at radius 2 is 2.12 bits per heavy atom. The van der Waals surface area contributed by atoms with E-state index in [2.05, 4.69) is 4.98 Å². The zero-order valence-corrected chi connectivity index (χ0v) is 11.5. The minimum atomic E-state index is -3.61. The second-order valence-electron chi connectivity index (χ2n) is 3.79. The Labute approximate surface area is 105 Å². The van der Waals surface area contributed by atoms with Crippen LogP contribution in [-0.4, -0.2) is 30.8 Å². The maximum Gasteiger partial charge on any atom is 0.266 e. The summed E-state index contributed by atoms with van der Waals surface area (Å²) in [6, 6.07) is 1.04. The molecule has 0 amide bonds. The number of aromatic nitrogens is 1. The summed E-state index contributed by atoms with van der Waals surface area (Å²) in [5, 5.41) is -0.136. The van der Waals surface area contributed by atoms with Crippen molar-refractivity contribution in [2.45, 2.75) is 31.2 Å². The number of hydrogen-bond acceptors (Lipinski definition) is 3. The molecule has 5 nitrogen and oxygen atoms in total. The number of sulfonamides is 1. The fraction of sp³-hybridized carbons (Fsp3) is 0.500. The highest BCUT2D eigenvalue weighted by atomic mass is 35.5. The van der Waals surface area contributed by atoms with Crippen molar-refractivity contribution < 1.29 is 8.42 Å². The van der Waals surface area contributed by atoms with E-state index in [4.69, 9.17) is 11.6 Å². The van der Waals surface area contributed by atoms with Crippen LogP contribution in [0, 0.1) is 0 Å². The molecule has 1 heterocycles. The first-order valence-electron chi connectivity index (χ1n) is 5.17. The first-order chi connectivity index (χ1) is 7.80. The summed E-state index contributed by atoms with van der Waals surface area (Å²) >= 11 is 5.61. The number of halogens is 1. The molecule has 1 unspecified atom stereocenters. The zero-order chi connectivity index (χ0) is 13.2. The summed E-state index contributed by atoms with van der Waals surface area (Å²) in [6.07, 6.45) is 1.86. The zero-order valence-electron chi connectivity index (χ0n) is 9.90. The molecule has 17 heavy (non-hydrogen) atoms. The average molecular weight is 279 g/mol. The summed E-state index contributed by atoms with van der Waals surface area (Å²) in [6.45, 7) is 3.71.